The second-order valence-electron chi connectivity index (χ2n) is 4.24. The molecule has 21 heavy (non-hydrogen) atoms. The Morgan fingerprint density at radius 1 is 1.24 bits per heavy atom. The number of benzene rings is 1. The molecule has 0 radical (unpaired) electrons. The monoisotopic (exact) mass is 359 g/mol. The molecule has 0 N–H and O–H groups in total. The Bertz CT molecular complexity index is 530. The van der Waals surface area contributed by atoms with Crippen molar-refractivity contribution in [3.05, 3.63) is 44.4 Å². The van der Waals surface area contributed by atoms with Gasteiger partial charge in [0.2, 0.25) is 0 Å². The van der Waals surface area contributed by atoms with Gasteiger partial charge in [0.15, 0.2) is 12.7 Å². The molecule has 8 heteroatoms. The first-order valence-electron chi connectivity index (χ1n) is 6.00. The van der Waals surface area contributed by atoms with E-state index in [4.69, 9.17) is 9.47 Å². The predicted octanol–water partition coefficient (Wildman–Crippen LogP) is 2.26. The van der Waals surface area contributed by atoms with Crippen LogP contribution in [0, 0.1) is 10.1 Å². The molecule has 0 amide bonds. The Morgan fingerprint density at radius 3 is 2.24 bits per heavy atom. The van der Waals surface area contributed by atoms with Crippen LogP contribution in [0.5, 0.6) is 0 Å². The van der Waals surface area contributed by atoms with E-state index >= 15 is 0 Å². The molecule has 0 aliphatic rings. The molecule has 0 aromatic heterocycles. The van der Waals surface area contributed by atoms with Crippen molar-refractivity contribution in [2.75, 3.05) is 6.61 Å². The molecule has 0 fully saturated rings. The molecule has 2 unspecified atom stereocenters. The Morgan fingerprint density at radius 2 is 1.81 bits per heavy atom. The van der Waals surface area contributed by atoms with Crippen LogP contribution in [0.2, 0.25) is 0 Å². The van der Waals surface area contributed by atoms with Gasteiger partial charge in [-0.15, -0.1) is 0 Å². The minimum atomic E-state index is -1.38. The smallest absolute Gasteiger partial charge is 0.303 e. The number of esters is 2. The fourth-order valence-corrected chi connectivity index (χ4v) is 1.93. The van der Waals surface area contributed by atoms with Crippen molar-refractivity contribution in [2.45, 2.75) is 26.0 Å². The highest BCUT2D eigenvalue weighted by atomic mass is 79.9. The average molecular weight is 360 g/mol. The fourth-order valence-electron chi connectivity index (χ4n) is 1.66. The maximum atomic E-state index is 11.2. The van der Waals surface area contributed by atoms with Crippen molar-refractivity contribution in [3.8, 4) is 0 Å². The summed E-state index contributed by atoms with van der Waals surface area (Å²) in [6.45, 7) is 1.84. The summed E-state index contributed by atoms with van der Waals surface area (Å²) in [5.41, 5.74) is 0.447. The van der Waals surface area contributed by atoms with E-state index in [-0.39, 0.29) is 0 Å². The molecular formula is C13H14BrNO6. The highest BCUT2D eigenvalue weighted by molar-refractivity contribution is 9.10. The third-order valence-corrected chi connectivity index (χ3v) is 3.10. The third kappa shape index (κ3) is 5.50. The quantitative estimate of drug-likeness (QED) is 0.439. The third-order valence-electron chi connectivity index (χ3n) is 2.57. The van der Waals surface area contributed by atoms with Crippen molar-refractivity contribution < 1.29 is 24.0 Å². The van der Waals surface area contributed by atoms with Crippen molar-refractivity contribution in [1.29, 1.82) is 0 Å². The summed E-state index contributed by atoms with van der Waals surface area (Å²) >= 11 is 3.25. The summed E-state index contributed by atoms with van der Waals surface area (Å²) in [6.07, 6.45) is -1.13. The topological polar surface area (TPSA) is 95.7 Å². The summed E-state index contributed by atoms with van der Waals surface area (Å²) in [5, 5.41) is 11.2. The van der Waals surface area contributed by atoms with E-state index < -0.39 is 35.6 Å². The van der Waals surface area contributed by atoms with Gasteiger partial charge in [-0.05, 0) is 17.7 Å². The minimum Gasteiger partial charge on any atom is -0.458 e. The summed E-state index contributed by atoms with van der Waals surface area (Å²) in [6, 6.07) is 5.17. The molecule has 1 aromatic carbocycles. The number of ether oxygens (including phenoxy) is 2. The SMILES string of the molecule is CC(=O)OCC(C(OC(C)=O)c1ccc(Br)cc1)[N+](=O)[O-]. The van der Waals surface area contributed by atoms with Crippen molar-refractivity contribution >= 4 is 27.9 Å². The number of rotatable bonds is 6. The van der Waals surface area contributed by atoms with E-state index in [1.54, 1.807) is 24.3 Å². The zero-order chi connectivity index (χ0) is 16.0. The van der Waals surface area contributed by atoms with Crippen LogP contribution in [-0.2, 0) is 19.1 Å². The van der Waals surface area contributed by atoms with E-state index in [9.17, 15) is 19.7 Å². The zero-order valence-corrected chi connectivity index (χ0v) is 13.0. The molecule has 2 atom stereocenters. The normalized spacial score (nSPS) is 13.1. The Labute approximate surface area is 129 Å². The van der Waals surface area contributed by atoms with E-state index in [1.165, 1.54) is 0 Å². The molecule has 0 aliphatic carbocycles. The summed E-state index contributed by atoms with van der Waals surface area (Å²) < 4.78 is 10.5. The first-order chi connectivity index (χ1) is 9.81. The molecule has 0 spiro atoms. The summed E-state index contributed by atoms with van der Waals surface area (Å²) in [7, 11) is 0. The van der Waals surface area contributed by atoms with Gasteiger partial charge in [-0.3, -0.25) is 19.7 Å². The fraction of sp³-hybridized carbons (Fsp3) is 0.385. The number of carbonyl (C=O) groups excluding carboxylic acids is 2. The summed E-state index contributed by atoms with van der Waals surface area (Å²) in [4.78, 5) is 32.6. The van der Waals surface area contributed by atoms with Gasteiger partial charge in [0.1, 0.15) is 0 Å². The van der Waals surface area contributed by atoms with E-state index in [1.807, 2.05) is 0 Å². The second-order valence-corrected chi connectivity index (χ2v) is 5.15. The van der Waals surface area contributed by atoms with Crippen LogP contribution in [0.4, 0.5) is 0 Å². The molecular weight excluding hydrogens is 346 g/mol. The lowest BCUT2D eigenvalue weighted by molar-refractivity contribution is -0.538. The van der Waals surface area contributed by atoms with E-state index in [2.05, 4.69) is 15.9 Å². The van der Waals surface area contributed by atoms with Crippen LogP contribution >= 0.6 is 15.9 Å². The van der Waals surface area contributed by atoms with Gasteiger partial charge in [-0.25, -0.2) is 0 Å². The van der Waals surface area contributed by atoms with Crippen LogP contribution in [0.15, 0.2) is 28.7 Å². The van der Waals surface area contributed by atoms with Gasteiger partial charge in [-0.2, -0.15) is 0 Å². The van der Waals surface area contributed by atoms with Gasteiger partial charge < -0.3 is 9.47 Å². The largest absolute Gasteiger partial charge is 0.458 e. The molecule has 1 rings (SSSR count). The zero-order valence-electron chi connectivity index (χ0n) is 11.4. The van der Waals surface area contributed by atoms with Gasteiger partial charge in [0.25, 0.3) is 6.04 Å². The standard InChI is InChI=1S/C13H14BrNO6/c1-8(16)20-7-12(15(18)19)13(21-9(2)17)10-3-5-11(14)6-4-10/h3-6,12-13H,7H2,1-2H3. The number of hydrogen-bond acceptors (Lipinski definition) is 6. The minimum absolute atomic E-state index is 0.447. The number of hydrogen-bond donors (Lipinski definition) is 0. The Hall–Kier alpha value is -1.96. The van der Waals surface area contributed by atoms with Crippen LogP contribution < -0.4 is 0 Å². The van der Waals surface area contributed by atoms with Crippen molar-refractivity contribution in [1.82, 2.24) is 0 Å². The number of halogens is 1. The predicted molar refractivity (Wildman–Crippen MR) is 76.1 cm³/mol. The second kappa shape index (κ2) is 7.72. The molecule has 0 saturated heterocycles. The molecule has 0 saturated carbocycles. The van der Waals surface area contributed by atoms with Crippen LogP contribution in [0.1, 0.15) is 25.5 Å². The maximum Gasteiger partial charge on any atom is 0.303 e. The van der Waals surface area contributed by atoms with Crippen molar-refractivity contribution in [2.24, 2.45) is 0 Å². The molecule has 0 bridgehead atoms. The van der Waals surface area contributed by atoms with Gasteiger partial charge in [-0.1, -0.05) is 28.1 Å². The highest BCUT2D eigenvalue weighted by Crippen LogP contribution is 2.25. The molecule has 0 heterocycles. The Balaban J connectivity index is 3.07. The van der Waals surface area contributed by atoms with Gasteiger partial charge in [0.05, 0.1) is 0 Å². The lowest BCUT2D eigenvalue weighted by Gasteiger charge is -2.21. The number of carbonyl (C=O) groups is 2. The number of nitro groups is 1. The molecule has 7 nitrogen and oxygen atoms in total. The van der Waals surface area contributed by atoms with Crippen LogP contribution in [0.25, 0.3) is 0 Å². The molecule has 1 aromatic rings. The summed E-state index contributed by atoms with van der Waals surface area (Å²) in [5.74, 6) is -1.29. The lowest BCUT2D eigenvalue weighted by Crippen LogP contribution is -2.35. The van der Waals surface area contributed by atoms with Crippen molar-refractivity contribution in [3.63, 3.8) is 0 Å². The molecule has 114 valence electrons. The lowest BCUT2D eigenvalue weighted by atomic mass is 10.0. The van der Waals surface area contributed by atoms with Gasteiger partial charge in [0, 0.05) is 23.2 Å². The first-order valence-corrected chi connectivity index (χ1v) is 6.80. The number of nitrogens with zero attached hydrogens (tertiary/aromatic N) is 1. The Kier molecular flexibility index (Phi) is 6.29. The van der Waals surface area contributed by atoms with Gasteiger partial charge >= 0.3 is 11.9 Å². The van der Waals surface area contributed by atoms with E-state index in [0.717, 1.165) is 18.3 Å². The average Bonchev–Trinajstić information content (AvgIpc) is 2.37. The van der Waals surface area contributed by atoms with E-state index in [0.29, 0.717) is 5.56 Å². The van der Waals surface area contributed by atoms with Crippen LogP contribution in [0.3, 0.4) is 0 Å². The first kappa shape index (κ1) is 17.1. The molecule has 0 aliphatic heterocycles. The highest BCUT2D eigenvalue weighted by Gasteiger charge is 2.36. The van der Waals surface area contributed by atoms with Crippen LogP contribution in [-0.4, -0.2) is 29.5 Å². The maximum absolute atomic E-state index is 11.2.